The molecule has 7 nitrogen and oxygen atoms in total. The Bertz CT molecular complexity index is 979. The molecule has 9 N–H and O–H groups in total. The van der Waals surface area contributed by atoms with E-state index in [1.807, 2.05) is 0 Å². The van der Waals surface area contributed by atoms with Gasteiger partial charge in [-0.15, -0.1) is 0 Å². The summed E-state index contributed by atoms with van der Waals surface area (Å²) in [7, 11) is 0. The Morgan fingerprint density at radius 1 is 0.793 bits per heavy atom. The first-order chi connectivity index (χ1) is 13.8. The molecule has 0 fully saturated rings. The van der Waals surface area contributed by atoms with Crippen LogP contribution in [-0.4, -0.2) is 19.7 Å². The molecule has 154 valence electrons. The Labute approximate surface area is 182 Å². The Balaban J connectivity index is 0.000000941. The molecule has 0 bridgehead atoms. The van der Waals surface area contributed by atoms with Crippen LogP contribution in [0.25, 0.3) is 11.1 Å². The summed E-state index contributed by atoms with van der Waals surface area (Å²) >= 11 is 2.29. The molecule has 0 amide bonds. The van der Waals surface area contributed by atoms with Crippen molar-refractivity contribution >= 4 is 39.7 Å². The van der Waals surface area contributed by atoms with Crippen LogP contribution >= 0.6 is 22.6 Å². The van der Waals surface area contributed by atoms with Gasteiger partial charge in [0.2, 0.25) is 0 Å². The van der Waals surface area contributed by atoms with Crippen molar-refractivity contribution in [2.75, 3.05) is 21.6 Å². The summed E-state index contributed by atoms with van der Waals surface area (Å²) in [6, 6.07) is 12.7. The molecule has 0 aliphatic rings. The van der Waals surface area contributed by atoms with Gasteiger partial charge in [-0.25, -0.2) is 0 Å². The molecule has 0 heterocycles. The second-order valence-electron chi connectivity index (χ2n) is 6.04. The zero-order valence-electron chi connectivity index (χ0n) is 15.9. The number of nitrogens with two attached hydrogens (primary N) is 3. The minimum atomic E-state index is -0.403. The molecule has 0 unspecified atom stereocenters. The van der Waals surface area contributed by atoms with Crippen LogP contribution in [0.3, 0.4) is 0 Å². The second kappa shape index (κ2) is 9.97. The molecule has 0 radical (unpaired) electrons. The third-order valence-electron chi connectivity index (χ3n) is 4.09. The van der Waals surface area contributed by atoms with Crippen LogP contribution in [0.4, 0.5) is 17.1 Å². The Morgan fingerprint density at radius 2 is 1.34 bits per heavy atom. The van der Waals surface area contributed by atoms with Gasteiger partial charge < -0.3 is 37.3 Å². The summed E-state index contributed by atoms with van der Waals surface area (Å²) in [5, 5.41) is 28.6. The number of ether oxygens (including phenoxy) is 1. The van der Waals surface area contributed by atoms with Gasteiger partial charge in [-0.05, 0) is 40.8 Å². The van der Waals surface area contributed by atoms with Crippen molar-refractivity contribution in [3.05, 3.63) is 54.1 Å². The van der Waals surface area contributed by atoms with Gasteiger partial charge in [0.25, 0.3) is 0 Å². The molecule has 0 saturated carbocycles. The fourth-order valence-electron chi connectivity index (χ4n) is 2.58. The third-order valence-corrected chi connectivity index (χ3v) is 4.09. The van der Waals surface area contributed by atoms with E-state index in [0.717, 1.165) is 0 Å². The highest BCUT2D eigenvalue weighted by Gasteiger charge is 2.16. The molecule has 0 spiro atoms. The first-order valence-electron chi connectivity index (χ1n) is 8.75. The Kier molecular flexibility index (Phi) is 7.66. The summed E-state index contributed by atoms with van der Waals surface area (Å²) < 4.78 is 6.86. The first kappa shape index (κ1) is 22.3. The second-order valence-corrected chi connectivity index (χ2v) is 7.57. The maximum absolute atomic E-state index is 9.81. The molecule has 0 aliphatic heterocycles. The van der Waals surface area contributed by atoms with Gasteiger partial charge in [0, 0.05) is 16.7 Å². The normalized spacial score (nSPS) is 10.1. The van der Waals surface area contributed by atoms with Crippen molar-refractivity contribution in [1.29, 1.82) is 0 Å². The van der Waals surface area contributed by atoms with Gasteiger partial charge in [-0.1, -0.05) is 41.6 Å². The predicted molar refractivity (Wildman–Crippen MR) is 125 cm³/mol. The van der Waals surface area contributed by atoms with Gasteiger partial charge in [0.05, 0.1) is 17.1 Å². The summed E-state index contributed by atoms with van der Waals surface area (Å²) in [4.78, 5) is 0. The van der Waals surface area contributed by atoms with Crippen LogP contribution in [0.5, 0.6) is 23.0 Å². The summed E-state index contributed by atoms with van der Waals surface area (Å²) in [5.41, 5.74) is 20.5. The van der Waals surface area contributed by atoms with E-state index in [-0.39, 0.29) is 23.8 Å². The zero-order chi connectivity index (χ0) is 21.6. The number of anilines is 3. The standard InChI is InChI=1S/C19H19N3O4.C2H5I/c20-16-10(9-26-12-4-2-11(23)3-5-12)1-6-13(17(16)21)14-7-8-15(24)19(25)18(14)22;1-2-3/h1-8,23-25H,9,20-22H2;2H2,1H3. The van der Waals surface area contributed by atoms with E-state index in [4.69, 9.17) is 21.9 Å². The number of halogens is 1. The van der Waals surface area contributed by atoms with E-state index in [1.54, 1.807) is 30.3 Å². The number of hydrogen-bond acceptors (Lipinski definition) is 7. The monoisotopic (exact) mass is 509 g/mol. The van der Waals surface area contributed by atoms with Crippen LogP contribution in [-0.2, 0) is 6.61 Å². The highest BCUT2D eigenvalue weighted by atomic mass is 127. The van der Waals surface area contributed by atoms with Gasteiger partial charge in [-0.3, -0.25) is 0 Å². The molecule has 0 aromatic heterocycles. The summed E-state index contributed by atoms with van der Waals surface area (Å²) in [5.74, 6) is 0.0228. The van der Waals surface area contributed by atoms with Crippen molar-refractivity contribution in [3.63, 3.8) is 0 Å². The van der Waals surface area contributed by atoms with E-state index in [9.17, 15) is 15.3 Å². The highest BCUT2D eigenvalue weighted by molar-refractivity contribution is 14.1. The minimum absolute atomic E-state index is 0.0178. The molecule has 3 aromatic carbocycles. The Hall–Kier alpha value is -3.01. The van der Waals surface area contributed by atoms with Crippen molar-refractivity contribution in [2.45, 2.75) is 13.5 Å². The van der Waals surface area contributed by atoms with Crippen LogP contribution in [0.15, 0.2) is 48.5 Å². The van der Waals surface area contributed by atoms with Crippen LogP contribution in [0.2, 0.25) is 0 Å². The van der Waals surface area contributed by atoms with Gasteiger partial charge in [0.15, 0.2) is 11.5 Å². The maximum atomic E-state index is 9.81. The molecule has 0 aliphatic carbocycles. The lowest BCUT2D eigenvalue weighted by molar-refractivity contribution is 0.306. The first-order valence-corrected chi connectivity index (χ1v) is 10.3. The molecular formula is C21H24IN3O4. The van der Waals surface area contributed by atoms with Crippen molar-refractivity contribution < 1.29 is 20.1 Å². The van der Waals surface area contributed by atoms with Crippen LogP contribution in [0.1, 0.15) is 12.5 Å². The van der Waals surface area contributed by atoms with E-state index >= 15 is 0 Å². The quantitative estimate of drug-likeness (QED) is 0.133. The Morgan fingerprint density at radius 3 is 1.97 bits per heavy atom. The lowest BCUT2D eigenvalue weighted by atomic mass is 9.98. The lowest BCUT2D eigenvalue weighted by Gasteiger charge is -2.16. The SMILES string of the molecule is CCI.Nc1c(COc2ccc(O)cc2)ccc(-c2ccc(O)c(O)c2N)c1N. The van der Waals surface area contributed by atoms with E-state index in [0.29, 0.717) is 33.8 Å². The van der Waals surface area contributed by atoms with E-state index in [2.05, 4.69) is 29.5 Å². The maximum Gasteiger partial charge on any atom is 0.181 e. The number of rotatable bonds is 4. The molecule has 3 aromatic rings. The topological polar surface area (TPSA) is 148 Å². The summed E-state index contributed by atoms with van der Waals surface area (Å²) in [6.45, 7) is 2.30. The fourth-order valence-corrected chi connectivity index (χ4v) is 2.58. The minimum Gasteiger partial charge on any atom is -0.508 e. The van der Waals surface area contributed by atoms with Crippen molar-refractivity contribution in [3.8, 4) is 34.1 Å². The number of phenols is 3. The van der Waals surface area contributed by atoms with E-state index < -0.39 is 5.75 Å². The average Bonchev–Trinajstić information content (AvgIpc) is 2.70. The van der Waals surface area contributed by atoms with Gasteiger partial charge in [0.1, 0.15) is 18.1 Å². The molecule has 8 heteroatoms. The zero-order valence-corrected chi connectivity index (χ0v) is 18.1. The number of nitrogen functional groups attached to an aromatic ring is 3. The lowest BCUT2D eigenvalue weighted by Crippen LogP contribution is -2.05. The molecule has 0 saturated heterocycles. The van der Waals surface area contributed by atoms with Crippen LogP contribution < -0.4 is 21.9 Å². The largest absolute Gasteiger partial charge is 0.508 e. The van der Waals surface area contributed by atoms with Gasteiger partial charge >= 0.3 is 0 Å². The predicted octanol–water partition coefficient (Wildman–Crippen LogP) is 4.24. The number of alkyl halides is 1. The van der Waals surface area contributed by atoms with Crippen LogP contribution in [0, 0.1) is 0 Å². The smallest absolute Gasteiger partial charge is 0.181 e. The van der Waals surface area contributed by atoms with Crippen molar-refractivity contribution in [2.24, 2.45) is 0 Å². The number of phenolic OH excluding ortho intramolecular Hbond substituents is 3. The molecule has 0 atom stereocenters. The third kappa shape index (κ3) is 5.29. The van der Waals surface area contributed by atoms with Crippen molar-refractivity contribution in [1.82, 2.24) is 0 Å². The molecule has 3 rings (SSSR count). The molecular weight excluding hydrogens is 485 g/mol. The number of aromatic hydroxyl groups is 3. The van der Waals surface area contributed by atoms with E-state index in [1.165, 1.54) is 22.6 Å². The highest BCUT2D eigenvalue weighted by Crippen LogP contribution is 2.42. The fraction of sp³-hybridized carbons (Fsp3) is 0.143. The number of benzene rings is 3. The number of hydrogen-bond donors (Lipinski definition) is 6. The average molecular weight is 509 g/mol. The molecule has 29 heavy (non-hydrogen) atoms. The van der Waals surface area contributed by atoms with Gasteiger partial charge in [-0.2, -0.15) is 0 Å². The summed E-state index contributed by atoms with van der Waals surface area (Å²) in [6.07, 6.45) is 0.